The van der Waals surface area contributed by atoms with Crippen LogP contribution in [0.2, 0.25) is 0 Å². The minimum absolute atomic E-state index is 0.713. The summed E-state index contributed by atoms with van der Waals surface area (Å²) < 4.78 is 5.80. The average molecular weight is 277 g/mol. The van der Waals surface area contributed by atoms with E-state index in [1.165, 1.54) is 11.1 Å². The van der Waals surface area contributed by atoms with Gasteiger partial charge < -0.3 is 10.1 Å². The Morgan fingerprint density at radius 1 is 1.00 bits per heavy atom. The highest BCUT2D eigenvalue weighted by atomic mass is 16.5. The lowest BCUT2D eigenvalue weighted by molar-refractivity contribution is 0.110. The van der Waals surface area contributed by atoms with Gasteiger partial charge in [-0.15, -0.1) is 0 Å². The predicted octanol–water partition coefficient (Wildman–Crippen LogP) is 4.04. The standard InChI is InChI=1S/C18H31NO/c1-15(2)10-12-20-14-18-8-6-5-7-17(18)9-11-19-13-16(3)4/h5-8,15-16,19H,9-14H2,1-4H3. The highest BCUT2D eigenvalue weighted by Gasteiger charge is 2.03. The smallest absolute Gasteiger partial charge is 0.0719 e. The molecule has 0 heterocycles. The van der Waals surface area contributed by atoms with Crippen LogP contribution in [-0.2, 0) is 17.8 Å². The predicted molar refractivity (Wildman–Crippen MR) is 87.0 cm³/mol. The van der Waals surface area contributed by atoms with Crippen LogP contribution >= 0.6 is 0 Å². The largest absolute Gasteiger partial charge is 0.377 e. The van der Waals surface area contributed by atoms with Crippen molar-refractivity contribution in [2.45, 2.75) is 47.1 Å². The first-order valence-electron chi connectivity index (χ1n) is 7.94. The number of benzene rings is 1. The summed E-state index contributed by atoms with van der Waals surface area (Å²) in [5.41, 5.74) is 2.75. The van der Waals surface area contributed by atoms with Gasteiger partial charge in [0.15, 0.2) is 0 Å². The zero-order valence-electron chi connectivity index (χ0n) is 13.6. The summed E-state index contributed by atoms with van der Waals surface area (Å²) in [7, 11) is 0. The number of hydrogen-bond acceptors (Lipinski definition) is 2. The quantitative estimate of drug-likeness (QED) is 0.652. The van der Waals surface area contributed by atoms with Crippen molar-refractivity contribution in [1.29, 1.82) is 0 Å². The third-order valence-electron chi connectivity index (χ3n) is 3.34. The molecule has 1 N–H and O–H groups in total. The molecule has 0 unspecified atom stereocenters. The molecule has 0 aromatic heterocycles. The molecule has 1 rings (SSSR count). The number of nitrogens with one attached hydrogen (secondary N) is 1. The first-order chi connectivity index (χ1) is 9.59. The maximum absolute atomic E-state index is 5.80. The number of ether oxygens (including phenoxy) is 1. The van der Waals surface area contributed by atoms with E-state index in [9.17, 15) is 0 Å². The van der Waals surface area contributed by atoms with Gasteiger partial charge in [-0.05, 0) is 48.9 Å². The van der Waals surface area contributed by atoms with Gasteiger partial charge in [0.2, 0.25) is 0 Å². The maximum Gasteiger partial charge on any atom is 0.0719 e. The lowest BCUT2D eigenvalue weighted by atomic mass is 10.1. The van der Waals surface area contributed by atoms with Gasteiger partial charge in [-0.25, -0.2) is 0 Å². The molecule has 0 fully saturated rings. The fourth-order valence-corrected chi connectivity index (χ4v) is 2.06. The third-order valence-corrected chi connectivity index (χ3v) is 3.34. The van der Waals surface area contributed by atoms with E-state index in [1.54, 1.807) is 0 Å². The average Bonchev–Trinajstić information content (AvgIpc) is 2.40. The Labute approximate surface area is 124 Å². The molecule has 0 aliphatic rings. The minimum atomic E-state index is 0.713. The molecule has 2 heteroatoms. The van der Waals surface area contributed by atoms with Crippen LogP contribution in [0.15, 0.2) is 24.3 Å². The van der Waals surface area contributed by atoms with Crippen molar-refractivity contribution in [3.8, 4) is 0 Å². The van der Waals surface area contributed by atoms with Gasteiger partial charge in [0.05, 0.1) is 6.61 Å². The van der Waals surface area contributed by atoms with Crippen molar-refractivity contribution in [2.24, 2.45) is 11.8 Å². The first kappa shape index (κ1) is 17.2. The van der Waals surface area contributed by atoms with Crippen LogP contribution in [0.25, 0.3) is 0 Å². The van der Waals surface area contributed by atoms with Crippen molar-refractivity contribution in [1.82, 2.24) is 5.32 Å². The molecule has 1 aromatic rings. The van der Waals surface area contributed by atoms with Gasteiger partial charge in [-0.2, -0.15) is 0 Å². The topological polar surface area (TPSA) is 21.3 Å². The zero-order chi connectivity index (χ0) is 14.8. The number of rotatable bonds is 10. The number of hydrogen-bond donors (Lipinski definition) is 1. The molecule has 114 valence electrons. The first-order valence-corrected chi connectivity index (χ1v) is 7.94. The molecule has 0 aliphatic heterocycles. The zero-order valence-corrected chi connectivity index (χ0v) is 13.6. The Bertz CT molecular complexity index is 325. The Kier molecular flexibility index (Phi) is 8.56. The normalized spacial score (nSPS) is 11.5. The van der Waals surface area contributed by atoms with Crippen molar-refractivity contribution >= 4 is 0 Å². The Morgan fingerprint density at radius 3 is 2.35 bits per heavy atom. The molecule has 2 nitrogen and oxygen atoms in total. The second-order valence-electron chi connectivity index (χ2n) is 6.35. The van der Waals surface area contributed by atoms with E-state index < -0.39 is 0 Å². The molecule has 0 spiro atoms. The third kappa shape index (κ3) is 7.66. The molecule has 20 heavy (non-hydrogen) atoms. The summed E-state index contributed by atoms with van der Waals surface area (Å²) in [5.74, 6) is 1.43. The van der Waals surface area contributed by atoms with Crippen LogP contribution in [0.5, 0.6) is 0 Å². The lowest BCUT2D eigenvalue weighted by Crippen LogP contribution is -2.22. The summed E-state index contributed by atoms with van der Waals surface area (Å²) in [6.07, 6.45) is 2.22. The summed E-state index contributed by atoms with van der Waals surface area (Å²) in [6.45, 7) is 12.7. The van der Waals surface area contributed by atoms with Crippen molar-refractivity contribution in [3.05, 3.63) is 35.4 Å². The Balaban J connectivity index is 2.34. The molecule has 0 saturated carbocycles. The van der Waals surface area contributed by atoms with Gasteiger partial charge in [-0.3, -0.25) is 0 Å². The van der Waals surface area contributed by atoms with Crippen LogP contribution in [0.3, 0.4) is 0 Å². The summed E-state index contributed by atoms with van der Waals surface area (Å²) >= 11 is 0. The minimum Gasteiger partial charge on any atom is -0.377 e. The molecule has 0 bridgehead atoms. The van der Waals surface area contributed by atoms with E-state index in [0.717, 1.165) is 39.1 Å². The second kappa shape index (κ2) is 9.95. The van der Waals surface area contributed by atoms with Crippen LogP contribution in [0.1, 0.15) is 45.2 Å². The van der Waals surface area contributed by atoms with Gasteiger partial charge in [0.1, 0.15) is 0 Å². The molecule has 0 radical (unpaired) electrons. The summed E-state index contributed by atoms with van der Waals surface area (Å²) in [6, 6.07) is 8.63. The van der Waals surface area contributed by atoms with E-state index in [1.807, 2.05) is 0 Å². The highest BCUT2D eigenvalue weighted by Crippen LogP contribution is 2.11. The van der Waals surface area contributed by atoms with E-state index in [0.29, 0.717) is 11.8 Å². The van der Waals surface area contributed by atoms with Crippen LogP contribution in [0, 0.1) is 11.8 Å². The fourth-order valence-electron chi connectivity index (χ4n) is 2.06. The van der Waals surface area contributed by atoms with Crippen LogP contribution in [-0.4, -0.2) is 19.7 Å². The summed E-state index contributed by atoms with van der Waals surface area (Å²) in [4.78, 5) is 0. The second-order valence-corrected chi connectivity index (χ2v) is 6.35. The molecular formula is C18H31NO. The molecule has 0 aliphatic carbocycles. The van der Waals surface area contributed by atoms with E-state index >= 15 is 0 Å². The Hall–Kier alpha value is -0.860. The van der Waals surface area contributed by atoms with Crippen molar-refractivity contribution in [2.75, 3.05) is 19.7 Å². The van der Waals surface area contributed by atoms with Gasteiger partial charge in [-0.1, -0.05) is 52.0 Å². The SMILES string of the molecule is CC(C)CCOCc1ccccc1CCNCC(C)C. The fraction of sp³-hybridized carbons (Fsp3) is 0.667. The molecular weight excluding hydrogens is 246 g/mol. The van der Waals surface area contributed by atoms with E-state index in [2.05, 4.69) is 57.3 Å². The molecule has 1 aromatic carbocycles. The van der Waals surface area contributed by atoms with E-state index in [-0.39, 0.29) is 0 Å². The molecule has 0 saturated heterocycles. The van der Waals surface area contributed by atoms with E-state index in [4.69, 9.17) is 4.74 Å². The Morgan fingerprint density at radius 2 is 1.70 bits per heavy atom. The van der Waals surface area contributed by atoms with Crippen molar-refractivity contribution in [3.63, 3.8) is 0 Å². The maximum atomic E-state index is 5.80. The van der Waals surface area contributed by atoms with Gasteiger partial charge >= 0.3 is 0 Å². The van der Waals surface area contributed by atoms with Crippen LogP contribution in [0.4, 0.5) is 0 Å². The summed E-state index contributed by atoms with van der Waals surface area (Å²) in [5, 5.41) is 3.50. The van der Waals surface area contributed by atoms with Crippen molar-refractivity contribution < 1.29 is 4.74 Å². The van der Waals surface area contributed by atoms with Crippen LogP contribution < -0.4 is 5.32 Å². The van der Waals surface area contributed by atoms with Gasteiger partial charge in [0, 0.05) is 6.61 Å². The van der Waals surface area contributed by atoms with Gasteiger partial charge in [0.25, 0.3) is 0 Å². The highest BCUT2D eigenvalue weighted by molar-refractivity contribution is 5.26. The molecule has 0 atom stereocenters. The monoisotopic (exact) mass is 277 g/mol. The molecule has 0 amide bonds. The lowest BCUT2D eigenvalue weighted by Gasteiger charge is -2.12.